The predicted octanol–water partition coefficient (Wildman–Crippen LogP) is 7.69. The molecule has 8 heterocycles. The van der Waals surface area contributed by atoms with E-state index in [-0.39, 0.29) is 24.1 Å². The quantitative estimate of drug-likeness (QED) is 0.190. The molecule has 0 aromatic rings. The van der Waals surface area contributed by atoms with E-state index in [1.807, 2.05) is 37.4 Å². The molecule has 8 nitrogen and oxygen atoms in total. The van der Waals surface area contributed by atoms with E-state index < -0.39 is 22.8 Å². The smallest absolute Gasteiger partial charge is 0.201 e. The van der Waals surface area contributed by atoms with Crippen molar-refractivity contribution in [2.24, 2.45) is 47.3 Å². The maximum atomic E-state index is 6.80. The van der Waals surface area contributed by atoms with Gasteiger partial charge in [-0.1, -0.05) is 27.7 Å². The summed E-state index contributed by atoms with van der Waals surface area (Å²) in [6.45, 7) is 13.5. The van der Waals surface area contributed by atoms with Gasteiger partial charge in [-0.25, -0.2) is 19.6 Å². The van der Waals surface area contributed by atoms with Crippen molar-refractivity contribution in [1.29, 1.82) is 0 Å². The van der Waals surface area contributed by atoms with Crippen molar-refractivity contribution in [1.82, 2.24) is 0 Å². The molecular formula is C35H56O8S2. The van der Waals surface area contributed by atoms with Gasteiger partial charge in [0.2, 0.25) is 11.6 Å². The standard InChI is InChI=1S/C35H56O8S2/c1-20-9-11-26-22(3)28(36-30-34(26)24(20)13-15-32(5,38-30)40-42-34)19-44-17-7-8-18-45-29-23(4)27-12-10-21(2)25-14-16-33(6)39-31(37-29)35(25,27)43-41-33/h20-31H,7-19H2,1-6H3/t20-,21-,22-,23-,24+,25+,26+,27+,28?,29?,30+,31+,32-,33-,34-,35-/m1/s1. The van der Waals surface area contributed by atoms with Gasteiger partial charge in [0.15, 0.2) is 23.8 Å². The summed E-state index contributed by atoms with van der Waals surface area (Å²) in [6.07, 6.45) is 10.6. The van der Waals surface area contributed by atoms with E-state index in [0.717, 1.165) is 55.8 Å². The highest BCUT2D eigenvalue weighted by Crippen LogP contribution is 2.62. The summed E-state index contributed by atoms with van der Waals surface area (Å²) in [5, 5.41) is 0. The zero-order chi connectivity index (χ0) is 31.2. The number of rotatable bonds is 8. The van der Waals surface area contributed by atoms with Gasteiger partial charge in [0.25, 0.3) is 0 Å². The van der Waals surface area contributed by atoms with E-state index in [2.05, 4.69) is 27.7 Å². The van der Waals surface area contributed by atoms with Gasteiger partial charge in [-0.05, 0) is 112 Å². The molecule has 10 rings (SSSR count). The van der Waals surface area contributed by atoms with Crippen LogP contribution < -0.4 is 0 Å². The zero-order valence-corrected chi connectivity index (χ0v) is 29.8. The number of ether oxygens (including phenoxy) is 4. The molecule has 2 spiro atoms. The number of unbranched alkanes of at least 4 members (excludes halogenated alkanes) is 1. The fourth-order valence-electron chi connectivity index (χ4n) is 10.9. The van der Waals surface area contributed by atoms with E-state index in [1.165, 1.54) is 25.7 Å². The molecule has 45 heavy (non-hydrogen) atoms. The average Bonchev–Trinajstić information content (AvgIpc) is 3.39. The topological polar surface area (TPSA) is 73.8 Å². The molecule has 8 aliphatic heterocycles. The first-order valence-electron chi connectivity index (χ1n) is 18.2. The van der Waals surface area contributed by atoms with E-state index in [0.29, 0.717) is 47.3 Å². The Kier molecular flexibility index (Phi) is 8.70. The molecule has 0 aromatic carbocycles. The molecule has 256 valence electrons. The third kappa shape index (κ3) is 5.15. The summed E-state index contributed by atoms with van der Waals surface area (Å²) in [5.41, 5.74) is -0.792. The fraction of sp³-hybridized carbons (Fsp3) is 1.00. The molecular weight excluding hydrogens is 613 g/mol. The van der Waals surface area contributed by atoms with E-state index in [1.54, 1.807) is 0 Å². The minimum atomic E-state index is -0.706. The molecule has 10 heteroatoms. The van der Waals surface area contributed by atoms with Crippen LogP contribution in [-0.2, 0) is 38.5 Å². The van der Waals surface area contributed by atoms with Gasteiger partial charge < -0.3 is 18.9 Å². The third-order valence-electron chi connectivity index (χ3n) is 13.6. The number of hydrogen-bond donors (Lipinski definition) is 0. The Morgan fingerprint density at radius 1 is 0.600 bits per heavy atom. The molecule has 8 saturated heterocycles. The highest BCUT2D eigenvalue weighted by atomic mass is 32.2. The Hall–Kier alpha value is 0.380. The third-order valence-corrected chi connectivity index (χ3v) is 16.2. The fourth-order valence-corrected chi connectivity index (χ4v) is 13.4. The van der Waals surface area contributed by atoms with Gasteiger partial charge in [-0.3, -0.25) is 0 Å². The lowest BCUT2D eigenvalue weighted by atomic mass is 9.57. The second kappa shape index (κ2) is 12.0. The predicted molar refractivity (Wildman–Crippen MR) is 173 cm³/mol. The van der Waals surface area contributed by atoms with Crippen LogP contribution in [0.15, 0.2) is 0 Å². The largest absolute Gasteiger partial charge is 0.345 e. The molecule has 0 N–H and O–H groups in total. The van der Waals surface area contributed by atoms with Gasteiger partial charge in [0, 0.05) is 30.4 Å². The van der Waals surface area contributed by atoms with Crippen molar-refractivity contribution in [2.45, 2.75) is 153 Å². The van der Waals surface area contributed by atoms with Crippen LogP contribution in [0.1, 0.15) is 106 Å². The van der Waals surface area contributed by atoms with Crippen molar-refractivity contribution in [3.05, 3.63) is 0 Å². The Balaban J connectivity index is 0.827. The van der Waals surface area contributed by atoms with Crippen LogP contribution in [-0.4, -0.2) is 64.2 Å². The molecule has 2 saturated carbocycles. The summed E-state index contributed by atoms with van der Waals surface area (Å²) in [5.74, 6) is 5.53. The van der Waals surface area contributed by atoms with Crippen LogP contribution in [0.5, 0.6) is 0 Å². The van der Waals surface area contributed by atoms with Crippen LogP contribution >= 0.6 is 23.5 Å². The first-order chi connectivity index (χ1) is 21.6. The normalized spacial score (nSPS) is 56.7. The number of fused-ring (bicyclic) bond motifs is 4. The Labute approximate surface area is 278 Å². The number of thioether (sulfide) groups is 2. The highest BCUT2D eigenvalue weighted by Gasteiger charge is 2.70. The first-order valence-corrected chi connectivity index (χ1v) is 20.4. The van der Waals surface area contributed by atoms with Crippen molar-refractivity contribution in [2.75, 3.05) is 17.3 Å². The monoisotopic (exact) mass is 668 g/mol. The van der Waals surface area contributed by atoms with E-state index >= 15 is 0 Å². The lowest BCUT2D eigenvalue weighted by molar-refractivity contribution is -0.570. The second-order valence-corrected chi connectivity index (χ2v) is 18.7. The molecule has 0 amide bonds. The van der Waals surface area contributed by atoms with Crippen molar-refractivity contribution in [3.63, 3.8) is 0 Å². The maximum Gasteiger partial charge on any atom is 0.201 e. The lowest BCUT2D eigenvalue weighted by Crippen LogP contribution is -2.70. The molecule has 10 aliphatic rings. The van der Waals surface area contributed by atoms with Gasteiger partial charge in [-0.2, -0.15) is 11.8 Å². The molecule has 16 atom stereocenters. The molecule has 4 bridgehead atoms. The lowest BCUT2D eigenvalue weighted by Gasteiger charge is -2.60. The van der Waals surface area contributed by atoms with Crippen LogP contribution in [0.25, 0.3) is 0 Å². The summed E-state index contributed by atoms with van der Waals surface area (Å²) in [4.78, 5) is 24.6. The van der Waals surface area contributed by atoms with Gasteiger partial charge >= 0.3 is 0 Å². The summed E-state index contributed by atoms with van der Waals surface area (Å²) in [6, 6.07) is 0. The average molecular weight is 669 g/mol. The first kappa shape index (κ1) is 32.6. The van der Waals surface area contributed by atoms with Gasteiger partial charge in [0.1, 0.15) is 5.44 Å². The van der Waals surface area contributed by atoms with Crippen LogP contribution in [0.3, 0.4) is 0 Å². The van der Waals surface area contributed by atoms with Crippen molar-refractivity contribution < 1.29 is 38.5 Å². The Morgan fingerprint density at radius 2 is 1.16 bits per heavy atom. The molecule has 10 fully saturated rings. The molecule has 0 aromatic heterocycles. The Morgan fingerprint density at radius 3 is 1.78 bits per heavy atom. The van der Waals surface area contributed by atoms with E-state index in [4.69, 9.17) is 38.5 Å². The minimum Gasteiger partial charge on any atom is -0.345 e. The van der Waals surface area contributed by atoms with Crippen molar-refractivity contribution in [3.8, 4) is 0 Å². The van der Waals surface area contributed by atoms with E-state index in [9.17, 15) is 0 Å². The van der Waals surface area contributed by atoms with Crippen LogP contribution in [0.4, 0.5) is 0 Å². The molecule has 2 aliphatic carbocycles. The Bertz CT molecular complexity index is 1020. The maximum absolute atomic E-state index is 6.80. The molecule has 0 radical (unpaired) electrons. The SMILES string of the molecule is C[C@@H]1CC[C@H]2[C@@H](C)C(CSCCCCSC3O[C@H]4O[C@@]5(C)CC[C@H]6[C@H](C)CC[C@@H]([C@H]3C)[C@@]46OO5)O[C@H]3O[C@@]4(C)CC[C@@H]1[C@]32OO4. The zero-order valence-electron chi connectivity index (χ0n) is 28.2. The minimum absolute atomic E-state index is 0.132. The molecule has 2 unspecified atom stereocenters. The highest BCUT2D eigenvalue weighted by molar-refractivity contribution is 7.99. The van der Waals surface area contributed by atoms with Gasteiger partial charge in [-0.15, -0.1) is 11.8 Å². The second-order valence-electron chi connectivity index (χ2n) is 16.4. The summed E-state index contributed by atoms with van der Waals surface area (Å²) in [7, 11) is 0. The van der Waals surface area contributed by atoms with Crippen molar-refractivity contribution >= 4 is 23.5 Å². The van der Waals surface area contributed by atoms with Crippen LogP contribution in [0.2, 0.25) is 0 Å². The summed E-state index contributed by atoms with van der Waals surface area (Å²) < 4.78 is 26.7. The summed E-state index contributed by atoms with van der Waals surface area (Å²) >= 11 is 4.01. The number of hydrogen-bond acceptors (Lipinski definition) is 10. The van der Waals surface area contributed by atoms with Crippen LogP contribution in [0, 0.1) is 47.3 Å². The van der Waals surface area contributed by atoms with Gasteiger partial charge in [0.05, 0.1) is 6.10 Å².